The number of ether oxygens (including phenoxy) is 1. The number of rotatable bonds is 10. The van der Waals surface area contributed by atoms with E-state index in [0.29, 0.717) is 37.1 Å². The van der Waals surface area contributed by atoms with E-state index in [2.05, 4.69) is 5.32 Å². The normalized spacial score (nSPS) is 16.2. The van der Waals surface area contributed by atoms with Gasteiger partial charge >= 0.3 is 0 Å². The standard InChI is InChI=1S/C19H24N2O4/c22-17(20-10-4-12-25-13-14-8-9-14)7-3-11-21-18(23)15-5-1-2-6-16(15)19(21)24/h1-2,5-6,14H,3-4,7-13H2,(H,20,22). The lowest BCUT2D eigenvalue weighted by molar-refractivity contribution is -0.121. The second-order valence-corrected chi connectivity index (χ2v) is 6.63. The Morgan fingerprint density at radius 1 is 1.12 bits per heavy atom. The number of amides is 3. The van der Waals surface area contributed by atoms with Crippen LogP contribution in [0.15, 0.2) is 24.3 Å². The van der Waals surface area contributed by atoms with E-state index in [0.717, 1.165) is 18.9 Å². The van der Waals surface area contributed by atoms with E-state index in [1.54, 1.807) is 24.3 Å². The van der Waals surface area contributed by atoms with Crippen LogP contribution in [0.3, 0.4) is 0 Å². The summed E-state index contributed by atoms with van der Waals surface area (Å²) in [5.41, 5.74) is 0.895. The molecule has 1 aromatic rings. The van der Waals surface area contributed by atoms with Gasteiger partial charge in [-0.1, -0.05) is 12.1 Å². The zero-order chi connectivity index (χ0) is 17.6. The molecule has 0 saturated heterocycles. The molecule has 0 atom stereocenters. The number of nitrogens with zero attached hydrogens (tertiary/aromatic N) is 1. The molecule has 3 rings (SSSR count). The number of benzene rings is 1. The molecule has 3 amide bonds. The Kier molecular flexibility index (Phi) is 5.81. The van der Waals surface area contributed by atoms with Gasteiger partial charge in [-0.2, -0.15) is 0 Å². The van der Waals surface area contributed by atoms with Crippen molar-refractivity contribution in [2.24, 2.45) is 5.92 Å². The minimum absolute atomic E-state index is 0.0567. The van der Waals surface area contributed by atoms with E-state index in [1.807, 2.05) is 0 Å². The van der Waals surface area contributed by atoms with Gasteiger partial charge in [0.05, 0.1) is 11.1 Å². The Hall–Kier alpha value is -2.21. The minimum atomic E-state index is -0.270. The molecule has 1 aliphatic heterocycles. The van der Waals surface area contributed by atoms with E-state index in [4.69, 9.17) is 4.74 Å². The van der Waals surface area contributed by atoms with Gasteiger partial charge in [0, 0.05) is 32.7 Å². The van der Waals surface area contributed by atoms with Crippen molar-refractivity contribution in [2.45, 2.75) is 32.1 Å². The molecule has 134 valence electrons. The minimum Gasteiger partial charge on any atom is -0.381 e. The highest BCUT2D eigenvalue weighted by Crippen LogP contribution is 2.28. The largest absolute Gasteiger partial charge is 0.381 e. The molecule has 1 fully saturated rings. The maximum Gasteiger partial charge on any atom is 0.261 e. The van der Waals surface area contributed by atoms with Gasteiger partial charge in [0.1, 0.15) is 0 Å². The summed E-state index contributed by atoms with van der Waals surface area (Å²) in [7, 11) is 0. The van der Waals surface area contributed by atoms with E-state index in [9.17, 15) is 14.4 Å². The van der Waals surface area contributed by atoms with Crippen LogP contribution in [-0.4, -0.2) is 48.9 Å². The van der Waals surface area contributed by atoms with Crippen LogP contribution in [0.4, 0.5) is 0 Å². The summed E-state index contributed by atoms with van der Waals surface area (Å²) in [5.74, 6) is 0.165. The summed E-state index contributed by atoms with van der Waals surface area (Å²) < 4.78 is 5.51. The molecule has 0 unspecified atom stereocenters. The summed E-state index contributed by atoms with van der Waals surface area (Å²) in [6, 6.07) is 6.81. The summed E-state index contributed by atoms with van der Waals surface area (Å²) in [6.07, 6.45) is 4.14. The monoisotopic (exact) mass is 344 g/mol. The molecular weight excluding hydrogens is 320 g/mol. The first kappa shape index (κ1) is 17.6. The van der Waals surface area contributed by atoms with Crippen LogP contribution in [-0.2, 0) is 9.53 Å². The van der Waals surface area contributed by atoms with Crippen LogP contribution in [0.2, 0.25) is 0 Å². The summed E-state index contributed by atoms with van der Waals surface area (Å²) >= 11 is 0. The van der Waals surface area contributed by atoms with Crippen molar-refractivity contribution >= 4 is 17.7 Å². The first-order valence-electron chi connectivity index (χ1n) is 8.96. The average Bonchev–Trinajstić information content (AvgIpc) is 3.41. The summed E-state index contributed by atoms with van der Waals surface area (Å²) in [4.78, 5) is 37.4. The second-order valence-electron chi connectivity index (χ2n) is 6.63. The summed E-state index contributed by atoms with van der Waals surface area (Å²) in [5, 5.41) is 2.84. The molecule has 1 heterocycles. The zero-order valence-corrected chi connectivity index (χ0v) is 14.3. The fraction of sp³-hybridized carbons (Fsp3) is 0.526. The van der Waals surface area contributed by atoms with Crippen molar-refractivity contribution in [1.29, 1.82) is 0 Å². The SMILES string of the molecule is O=C(CCCN1C(=O)c2ccccc2C1=O)NCCCOCC1CC1. The molecule has 6 heteroatoms. The first-order valence-corrected chi connectivity index (χ1v) is 8.96. The van der Waals surface area contributed by atoms with Crippen LogP contribution in [0.5, 0.6) is 0 Å². The summed E-state index contributed by atoms with van der Waals surface area (Å²) in [6.45, 7) is 2.38. The highest BCUT2D eigenvalue weighted by atomic mass is 16.5. The third-order valence-electron chi connectivity index (χ3n) is 4.50. The molecule has 1 aliphatic carbocycles. The molecule has 0 radical (unpaired) electrons. The number of nitrogens with one attached hydrogen (secondary N) is 1. The smallest absolute Gasteiger partial charge is 0.261 e. The molecule has 2 aliphatic rings. The zero-order valence-electron chi connectivity index (χ0n) is 14.3. The molecule has 25 heavy (non-hydrogen) atoms. The van der Waals surface area contributed by atoms with Crippen molar-refractivity contribution in [1.82, 2.24) is 10.2 Å². The maximum atomic E-state index is 12.2. The molecule has 1 aromatic carbocycles. The highest BCUT2D eigenvalue weighted by molar-refractivity contribution is 6.21. The number of carbonyl (C=O) groups excluding carboxylic acids is 3. The van der Waals surface area contributed by atoms with Gasteiger partial charge < -0.3 is 10.1 Å². The van der Waals surface area contributed by atoms with Crippen molar-refractivity contribution < 1.29 is 19.1 Å². The third kappa shape index (κ3) is 4.66. The number of hydrogen-bond acceptors (Lipinski definition) is 4. The Morgan fingerprint density at radius 3 is 2.44 bits per heavy atom. The van der Waals surface area contributed by atoms with Gasteiger partial charge in [-0.15, -0.1) is 0 Å². The van der Waals surface area contributed by atoms with Crippen LogP contribution >= 0.6 is 0 Å². The van der Waals surface area contributed by atoms with E-state index in [1.165, 1.54) is 17.7 Å². The van der Waals surface area contributed by atoms with Crippen molar-refractivity contribution in [3.63, 3.8) is 0 Å². The Bertz CT molecular complexity index is 620. The van der Waals surface area contributed by atoms with Crippen LogP contribution < -0.4 is 5.32 Å². The lowest BCUT2D eigenvalue weighted by Gasteiger charge is -2.13. The van der Waals surface area contributed by atoms with E-state index >= 15 is 0 Å². The lowest BCUT2D eigenvalue weighted by Crippen LogP contribution is -2.32. The van der Waals surface area contributed by atoms with Gasteiger partial charge in [0.2, 0.25) is 5.91 Å². The predicted octanol–water partition coefficient (Wildman–Crippen LogP) is 2.00. The van der Waals surface area contributed by atoms with Gasteiger partial charge in [-0.05, 0) is 43.7 Å². The topological polar surface area (TPSA) is 75.7 Å². The molecule has 0 aromatic heterocycles. The fourth-order valence-electron chi connectivity index (χ4n) is 2.86. The lowest BCUT2D eigenvalue weighted by atomic mass is 10.1. The fourth-order valence-corrected chi connectivity index (χ4v) is 2.86. The Morgan fingerprint density at radius 2 is 1.80 bits per heavy atom. The quantitative estimate of drug-likeness (QED) is 0.520. The number of carbonyl (C=O) groups is 3. The molecule has 6 nitrogen and oxygen atoms in total. The Labute approximate surface area is 147 Å². The van der Waals surface area contributed by atoms with Crippen LogP contribution in [0.1, 0.15) is 52.8 Å². The van der Waals surface area contributed by atoms with Crippen molar-refractivity contribution in [3.8, 4) is 0 Å². The number of hydrogen-bond donors (Lipinski definition) is 1. The third-order valence-corrected chi connectivity index (χ3v) is 4.50. The second kappa shape index (κ2) is 8.25. The molecule has 0 bridgehead atoms. The number of imide groups is 1. The average molecular weight is 344 g/mol. The van der Waals surface area contributed by atoms with Gasteiger partial charge in [-0.3, -0.25) is 19.3 Å². The van der Waals surface area contributed by atoms with Gasteiger partial charge in [-0.25, -0.2) is 0 Å². The maximum absolute atomic E-state index is 12.2. The molecule has 1 saturated carbocycles. The Balaban J connectivity index is 1.29. The first-order chi connectivity index (χ1) is 12.2. The van der Waals surface area contributed by atoms with Gasteiger partial charge in [0.25, 0.3) is 11.8 Å². The molecule has 0 spiro atoms. The molecule has 1 N–H and O–H groups in total. The highest BCUT2D eigenvalue weighted by Gasteiger charge is 2.34. The van der Waals surface area contributed by atoms with Crippen molar-refractivity contribution in [3.05, 3.63) is 35.4 Å². The van der Waals surface area contributed by atoms with Crippen molar-refractivity contribution in [2.75, 3.05) is 26.3 Å². The van der Waals surface area contributed by atoms with Crippen LogP contribution in [0, 0.1) is 5.92 Å². The molecular formula is C19H24N2O4. The van der Waals surface area contributed by atoms with E-state index < -0.39 is 0 Å². The van der Waals surface area contributed by atoms with Gasteiger partial charge in [0.15, 0.2) is 0 Å². The number of fused-ring (bicyclic) bond motifs is 1. The van der Waals surface area contributed by atoms with E-state index in [-0.39, 0.29) is 24.3 Å². The van der Waals surface area contributed by atoms with Crippen LogP contribution in [0.25, 0.3) is 0 Å². The predicted molar refractivity (Wildman–Crippen MR) is 92.2 cm³/mol.